The fourth-order valence-corrected chi connectivity index (χ4v) is 1.12. The largest absolute Gasteiger partial charge is 0.462 e. The number of nitrogens with one attached hydrogen (secondary N) is 2. The van der Waals surface area contributed by atoms with E-state index in [0.29, 0.717) is 18.0 Å². The Labute approximate surface area is 94.4 Å². The van der Waals surface area contributed by atoms with Gasteiger partial charge in [-0.25, -0.2) is 10.2 Å². The molecule has 2 N–H and O–H groups in total. The van der Waals surface area contributed by atoms with E-state index in [2.05, 4.69) is 23.5 Å². The first-order chi connectivity index (χ1) is 7.27. The summed E-state index contributed by atoms with van der Waals surface area (Å²) in [5.41, 5.74) is 7.17. The van der Waals surface area contributed by atoms with E-state index in [1.807, 2.05) is 0 Å². The van der Waals surface area contributed by atoms with Gasteiger partial charge in [-0.15, -0.1) is 0 Å². The van der Waals surface area contributed by atoms with Crippen molar-refractivity contribution in [3.8, 4) is 0 Å². The van der Waals surface area contributed by atoms with Crippen LogP contribution in [-0.2, 0) is 4.74 Å². The molecule has 0 aliphatic heterocycles. The zero-order valence-electron chi connectivity index (χ0n) is 8.49. The fraction of sp³-hybridized carbons (Fsp3) is 0.300. The summed E-state index contributed by atoms with van der Waals surface area (Å²) in [7, 11) is 0. The van der Waals surface area contributed by atoms with Crippen molar-refractivity contribution in [2.24, 2.45) is 0 Å². The minimum absolute atomic E-state index is 0.300. The number of hydrazine groups is 1. The summed E-state index contributed by atoms with van der Waals surface area (Å²) in [6.45, 7) is 2.17. The summed E-state index contributed by atoms with van der Waals surface area (Å²) in [5.74, 6) is 0.228. The fourth-order valence-electron chi connectivity index (χ4n) is 1.05. The van der Waals surface area contributed by atoms with E-state index in [1.54, 1.807) is 31.2 Å². The van der Waals surface area contributed by atoms with Gasteiger partial charge in [0.25, 0.3) is 0 Å². The third-order valence-electron chi connectivity index (χ3n) is 1.71. The maximum absolute atomic E-state index is 11.3. The molecule has 0 saturated carbocycles. The Hall–Kier alpha value is -1.20. The second-order valence-electron chi connectivity index (χ2n) is 2.76. The lowest BCUT2D eigenvalue weighted by molar-refractivity contribution is 0.0526. The maximum Gasteiger partial charge on any atom is 0.338 e. The van der Waals surface area contributed by atoms with Gasteiger partial charge in [-0.05, 0) is 31.2 Å². The standard InChI is InChI=1S/C10H14N2O2S/c1-2-14-10(13)8-3-5-9(6-4-8)12-11-7-15/h3-6,11-12,15H,2,7H2,1H3. The van der Waals surface area contributed by atoms with Gasteiger partial charge in [0.05, 0.1) is 18.0 Å². The zero-order valence-corrected chi connectivity index (χ0v) is 9.38. The van der Waals surface area contributed by atoms with E-state index in [9.17, 15) is 4.79 Å². The number of carbonyl (C=O) groups excluding carboxylic acids is 1. The van der Waals surface area contributed by atoms with Crippen molar-refractivity contribution >= 4 is 24.3 Å². The molecule has 0 saturated heterocycles. The van der Waals surface area contributed by atoms with Gasteiger partial charge in [-0.3, -0.25) is 0 Å². The lowest BCUT2D eigenvalue weighted by atomic mass is 10.2. The Morgan fingerprint density at radius 2 is 2.07 bits per heavy atom. The van der Waals surface area contributed by atoms with Crippen LogP contribution in [0.15, 0.2) is 24.3 Å². The predicted octanol–water partition coefficient (Wildman–Crippen LogP) is 1.67. The Kier molecular flexibility index (Phi) is 5.00. The molecule has 0 amide bonds. The van der Waals surface area contributed by atoms with Crippen molar-refractivity contribution in [3.05, 3.63) is 29.8 Å². The van der Waals surface area contributed by atoms with Crippen molar-refractivity contribution in [2.45, 2.75) is 6.92 Å². The van der Waals surface area contributed by atoms with Crippen molar-refractivity contribution < 1.29 is 9.53 Å². The lowest BCUT2D eigenvalue weighted by Crippen LogP contribution is -2.19. The Balaban J connectivity index is 2.59. The van der Waals surface area contributed by atoms with Gasteiger partial charge in [-0.2, -0.15) is 12.6 Å². The molecular weight excluding hydrogens is 212 g/mol. The average Bonchev–Trinajstić information content (AvgIpc) is 2.27. The normalized spacial score (nSPS) is 9.73. The first-order valence-corrected chi connectivity index (χ1v) is 5.28. The molecule has 1 rings (SSSR count). The summed E-state index contributed by atoms with van der Waals surface area (Å²) in [6, 6.07) is 7.01. The number of hydrogen-bond donors (Lipinski definition) is 3. The molecule has 0 fully saturated rings. The van der Waals surface area contributed by atoms with Crippen LogP contribution in [-0.4, -0.2) is 18.5 Å². The molecule has 15 heavy (non-hydrogen) atoms. The van der Waals surface area contributed by atoms with Gasteiger partial charge < -0.3 is 10.2 Å². The summed E-state index contributed by atoms with van der Waals surface area (Å²) in [5, 5.41) is 0. The van der Waals surface area contributed by atoms with Gasteiger partial charge in [0, 0.05) is 5.69 Å². The molecule has 0 aliphatic carbocycles. The van der Waals surface area contributed by atoms with Crippen molar-refractivity contribution in [3.63, 3.8) is 0 Å². The van der Waals surface area contributed by atoms with Gasteiger partial charge in [-0.1, -0.05) is 0 Å². The van der Waals surface area contributed by atoms with Crippen LogP contribution < -0.4 is 10.9 Å². The van der Waals surface area contributed by atoms with Crippen LogP contribution in [0.25, 0.3) is 0 Å². The molecule has 0 atom stereocenters. The molecule has 1 aromatic carbocycles. The number of thiol groups is 1. The monoisotopic (exact) mass is 226 g/mol. The molecule has 0 spiro atoms. The molecule has 5 heteroatoms. The van der Waals surface area contributed by atoms with E-state index in [0.717, 1.165) is 5.69 Å². The third-order valence-corrected chi connectivity index (χ3v) is 1.87. The Bertz CT molecular complexity index is 314. The zero-order chi connectivity index (χ0) is 11.1. The lowest BCUT2D eigenvalue weighted by Gasteiger charge is -2.06. The first-order valence-electron chi connectivity index (χ1n) is 4.65. The van der Waals surface area contributed by atoms with Gasteiger partial charge in [0.2, 0.25) is 0 Å². The minimum Gasteiger partial charge on any atom is -0.462 e. The van der Waals surface area contributed by atoms with Crippen LogP contribution in [0.2, 0.25) is 0 Å². The molecule has 0 unspecified atom stereocenters. The molecule has 0 aromatic heterocycles. The smallest absolute Gasteiger partial charge is 0.338 e. The number of ether oxygens (including phenoxy) is 1. The van der Waals surface area contributed by atoms with Crippen LogP contribution in [0.3, 0.4) is 0 Å². The number of carbonyl (C=O) groups is 1. The minimum atomic E-state index is -0.300. The van der Waals surface area contributed by atoms with Gasteiger partial charge in [0.1, 0.15) is 0 Å². The average molecular weight is 226 g/mol. The molecule has 0 bridgehead atoms. The third kappa shape index (κ3) is 3.81. The van der Waals surface area contributed by atoms with Crippen molar-refractivity contribution in [1.29, 1.82) is 0 Å². The van der Waals surface area contributed by atoms with Gasteiger partial charge in [0.15, 0.2) is 0 Å². The highest BCUT2D eigenvalue weighted by atomic mass is 32.1. The van der Waals surface area contributed by atoms with Crippen LogP contribution >= 0.6 is 12.6 Å². The molecule has 82 valence electrons. The van der Waals surface area contributed by atoms with E-state index < -0.39 is 0 Å². The molecule has 0 aliphatic rings. The first kappa shape index (κ1) is 11.9. The van der Waals surface area contributed by atoms with Crippen molar-refractivity contribution in [1.82, 2.24) is 5.43 Å². The highest BCUT2D eigenvalue weighted by Gasteiger charge is 2.04. The van der Waals surface area contributed by atoms with Crippen molar-refractivity contribution in [2.75, 3.05) is 17.9 Å². The highest BCUT2D eigenvalue weighted by Crippen LogP contribution is 2.09. The van der Waals surface area contributed by atoms with Crippen LogP contribution in [0, 0.1) is 0 Å². The summed E-state index contributed by atoms with van der Waals surface area (Å²) in [6.07, 6.45) is 0. The summed E-state index contributed by atoms with van der Waals surface area (Å²) < 4.78 is 4.86. The SMILES string of the molecule is CCOC(=O)c1ccc(NNCS)cc1. The maximum atomic E-state index is 11.3. The quantitative estimate of drug-likeness (QED) is 0.309. The topological polar surface area (TPSA) is 50.4 Å². The number of benzene rings is 1. The number of esters is 1. The van der Waals surface area contributed by atoms with Crippen LogP contribution in [0.5, 0.6) is 0 Å². The van der Waals surface area contributed by atoms with E-state index in [-0.39, 0.29) is 5.97 Å². The van der Waals surface area contributed by atoms with Crippen LogP contribution in [0.4, 0.5) is 5.69 Å². The van der Waals surface area contributed by atoms with E-state index in [4.69, 9.17) is 4.74 Å². The number of rotatable bonds is 5. The molecular formula is C10H14N2O2S. The molecule has 4 nitrogen and oxygen atoms in total. The highest BCUT2D eigenvalue weighted by molar-refractivity contribution is 7.80. The number of anilines is 1. The van der Waals surface area contributed by atoms with Gasteiger partial charge >= 0.3 is 5.97 Å². The van der Waals surface area contributed by atoms with E-state index in [1.165, 1.54) is 0 Å². The second kappa shape index (κ2) is 6.31. The Morgan fingerprint density at radius 1 is 1.40 bits per heavy atom. The summed E-state index contributed by atoms with van der Waals surface area (Å²) >= 11 is 3.98. The second-order valence-corrected chi connectivity index (χ2v) is 3.07. The molecule has 1 aromatic rings. The van der Waals surface area contributed by atoms with E-state index >= 15 is 0 Å². The number of hydrogen-bond acceptors (Lipinski definition) is 5. The predicted molar refractivity (Wildman–Crippen MR) is 63.0 cm³/mol. The summed E-state index contributed by atoms with van der Waals surface area (Å²) in [4.78, 5) is 11.3. The molecule has 0 radical (unpaired) electrons. The van der Waals surface area contributed by atoms with Crippen LogP contribution in [0.1, 0.15) is 17.3 Å². The Morgan fingerprint density at radius 3 is 2.60 bits per heavy atom. The molecule has 0 heterocycles.